The Balaban J connectivity index is 1.84. The van der Waals surface area contributed by atoms with Gasteiger partial charge in [0.2, 0.25) is 0 Å². The number of methoxy groups -OCH3 is 1. The first kappa shape index (κ1) is 15.3. The maximum atomic E-state index is 5.30. The second kappa shape index (κ2) is 7.65. The normalized spacial score (nSPS) is 18.9. The third-order valence-corrected chi connectivity index (χ3v) is 4.21. The maximum absolute atomic E-state index is 5.30. The number of rotatable bonds is 6. The van der Waals surface area contributed by atoms with Crippen LogP contribution in [0.5, 0.6) is 5.75 Å². The van der Waals surface area contributed by atoms with Crippen molar-refractivity contribution in [3.8, 4) is 5.75 Å². The fourth-order valence-corrected chi connectivity index (χ4v) is 3.00. The van der Waals surface area contributed by atoms with E-state index in [2.05, 4.69) is 42.3 Å². The van der Waals surface area contributed by atoms with Gasteiger partial charge in [0.05, 0.1) is 7.11 Å². The predicted octanol–water partition coefficient (Wildman–Crippen LogP) is 3.22. The maximum Gasteiger partial charge on any atom is 0.119 e. The molecule has 0 amide bonds. The van der Waals surface area contributed by atoms with Crippen molar-refractivity contribution in [1.82, 2.24) is 10.2 Å². The molecule has 1 atom stereocenters. The van der Waals surface area contributed by atoms with Gasteiger partial charge in [0.25, 0.3) is 0 Å². The van der Waals surface area contributed by atoms with Crippen molar-refractivity contribution in [1.29, 1.82) is 0 Å². The summed E-state index contributed by atoms with van der Waals surface area (Å²) in [6, 6.07) is 9.39. The van der Waals surface area contributed by atoms with Crippen LogP contribution >= 0.6 is 0 Å². The number of nitrogens with zero attached hydrogens (tertiary/aromatic N) is 1. The molecule has 0 spiro atoms. The molecule has 3 nitrogen and oxygen atoms in total. The van der Waals surface area contributed by atoms with Crippen molar-refractivity contribution in [3.05, 3.63) is 29.8 Å². The van der Waals surface area contributed by atoms with Crippen molar-refractivity contribution in [2.24, 2.45) is 0 Å². The molecule has 1 N–H and O–H groups in total. The average Bonchev–Trinajstić information content (AvgIpc) is 2.49. The summed E-state index contributed by atoms with van der Waals surface area (Å²) < 4.78 is 5.30. The van der Waals surface area contributed by atoms with Crippen LogP contribution in [0.4, 0.5) is 0 Å². The van der Waals surface area contributed by atoms with Crippen LogP contribution in [0.25, 0.3) is 0 Å². The lowest BCUT2D eigenvalue weighted by molar-refractivity contribution is 0.192. The van der Waals surface area contributed by atoms with E-state index >= 15 is 0 Å². The van der Waals surface area contributed by atoms with Crippen LogP contribution in [0.2, 0.25) is 0 Å². The number of hydrogen-bond donors (Lipinski definition) is 1. The third-order valence-electron chi connectivity index (χ3n) is 4.21. The summed E-state index contributed by atoms with van der Waals surface area (Å²) in [7, 11) is 1.72. The zero-order valence-electron chi connectivity index (χ0n) is 13.1. The lowest BCUT2D eigenvalue weighted by Gasteiger charge is -2.33. The van der Waals surface area contributed by atoms with E-state index in [-0.39, 0.29) is 0 Å². The molecule has 0 radical (unpaired) electrons. The highest BCUT2D eigenvalue weighted by atomic mass is 16.5. The van der Waals surface area contributed by atoms with Crippen molar-refractivity contribution in [3.63, 3.8) is 0 Å². The van der Waals surface area contributed by atoms with Crippen LogP contribution in [0.1, 0.15) is 44.7 Å². The molecule has 2 rings (SSSR count). The molecule has 1 heterocycles. The van der Waals surface area contributed by atoms with E-state index in [1.807, 2.05) is 6.07 Å². The number of nitrogens with one attached hydrogen (secondary N) is 1. The van der Waals surface area contributed by atoms with E-state index in [4.69, 9.17) is 4.74 Å². The second-order valence-corrected chi connectivity index (χ2v) is 5.78. The van der Waals surface area contributed by atoms with Crippen LogP contribution in [0.3, 0.4) is 0 Å². The molecule has 1 fully saturated rings. The molecule has 0 saturated carbocycles. The van der Waals surface area contributed by atoms with Gasteiger partial charge in [-0.25, -0.2) is 0 Å². The first-order valence-corrected chi connectivity index (χ1v) is 7.85. The van der Waals surface area contributed by atoms with Gasteiger partial charge < -0.3 is 15.0 Å². The number of likely N-dealkylation sites (tertiary alicyclic amines) is 1. The van der Waals surface area contributed by atoms with Gasteiger partial charge in [0.1, 0.15) is 5.75 Å². The summed E-state index contributed by atoms with van der Waals surface area (Å²) in [5.41, 5.74) is 1.31. The number of benzene rings is 1. The molecule has 1 saturated heterocycles. The smallest absolute Gasteiger partial charge is 0.119 e. The van der Waals surface area contributed by atoms with Crippen LogP contribution in [0, 0.1) is 0 Å². The SMILES string of the molecule is CCCN1CCC(N[C@H](C)c2cccc(OC)c2)CC1. The molecule has 0 unspecified atom stereocenters. The minimum absolute atomic E-state index is 0.382. The zero-order chi connectivity index (χ0) is 14.4. The lowest BCUT2D eigenvalue weighted by Crippen LogP contribution is -2.43. The largest absolute Gasteiger partial charge is 0.497 e. The summed E-state index contributed by atoms with van der Waals surface area (Å²) in [4.78, 5) is 2.58. The highest BCUT2D eigenvalue weighted by molar-refractivity contribution is 5.30. The third kappa shape index (κ3) is 4.22. The molecule has 0 aromatic heterocycles. The summed E-state index contributed by atoms with van der Waals surface area (Å²) in [6.07, 6.45) is 3.78. The Labute approximate surface area is 123 Å². The Morgan fingerprint density at radius 1 is 1.35 bits per heavy atom. The minimum Gasteiger partial charge on any atom is -0.497 e. The van der Waals surface area contributed by atoms with E-state index < -0.39 is 0 Å². The molecule has 112 valence electrons. The monoisotopic (exact) mass is 276 g/mol. The first-order valence-electron chi connectivity index (χ1n) is 7.85. The van der Waals surface area contributed by atoms with Crippen molar-refractivity contribution >= 4 is 0 Å². The van der Waals surface area contributed by atoms with E-state index in [0.717, 1.165) is 5.75 Å². The topological polar surface area (TPSA) is 24.5 Å². The standard InChI is InChI=1S/C17H28N2O/c1-4-10-19-11-8-16(9-12-19)18-14(2)15-6-5-7-17(13-15)20-3/h5-7,13-14,16,18H,4,8-12H2,1-3H3/t14-/m1/s1. The average molecular weight is 276 g/mol. The van der Waals surface area contributed by atoms with Crippen molar-refractivity contribution in [2.45, 2.75) is 45.2 Å². The van der Waals surface area contributed by atoms with Gasteiger partial charge in [0, 0.05) is 12.1 Å². The van der Waals surface area contributed by atoms with Crippen LogP contribution in [-0.4, -0.2) is 37.7 Å². The molecule has 1 aliphatic heterocycles. The summed E-state index contributed by atoms with van der Waals surface area (Å²) in [6.45, 7) is 8.22. The Hall–Kier alpha value is -1.06. The quantitative estimate of drug-likeness (QED) is 0.863. The molecule has 3 heteroatoms. The van der Waals surface area contributed by atoms with Crippen molar-refractivity contribution < 1.29 is 4.74 Å². The number of piperidine rings is 1. The molecule has 1 aromatic rings. The molecule has 20 heavy (non-hydrogen) atoms. The highest BCUT2D eigenvalue weighted by Crippen LogP contribution is 2.21. The van der Waals surface area contributed by atoms with E-state index in [1.54, 1.807) is 7.11 Å². The zero-order valence-corrected chi connectivity index (χ0v) is 13.1. The Morgan fingerprint density at radius 2 is 2.10 bits per heavy atom. The Morgan fingerprint density at radius 3 is 2.75 bits per heavy atom. The predicted molar refractivity (Wildman–Crippen MR) is 84.3 cm³/mol. The van der Waals surface area contributed by atoms with Gasteiger partial charge in [0.15, 0.2) is 0 Å². The molecule has 1 aromatic carbocycles. The first-order chi connectivity index (χ1) is 9.72. The van der Waals surface area contributed by atoms with Crippen LogP contribution in [-0.2, 0) is 0 Å². The molecular weight excluding hydrogens is 248 g/mol. The lowest BCUT2D eigenvalue weighted by atomic mass is 10.0. The summed E-state index contributed by atoms with van der Waals surface area (Å²) >= 11 is 0. The van der Waals surface area contributed by atoms with Crippen LogP contribution < -0.4 is 10.1 Å². The van der Waals surface area contributed by atoms with Gasteiger partial charge in [-0.15, -0.1) is 0 Å². The molecule has 1 aliphatic rings. The molecular formula is C17H28N2O. The number of ether oxygens (including phenoxy) is 1. The second-order valence-electron chi connectivity index (χ2n) is 5.78. The van der Waals surface area contributed by atoms with E-state index in [9.17, 15) is 0 Å². The van der Waals surface area contributed by atoms with Crippen LogP contribution in [0.15, 0.2) is 24.3 Å². The summed E-state index contributed by atoms with van der Waals surface area (Å²) in [5, 5.41) is 3.77. The minimum atomic E-state index is 0.382. The van der Waals surface area contributed by atoms with Gasteiger partial charge in [-0.3, -0.25) is 0 Å². The van der Waals surface area contributed by atoms with Gasteiger partial charge in [-0.05, 0) is 63.5 Å². The molecule has 0 aliphatic carbocycles. The van der Waals surface area contributed by atoms with Gasteiger partial charge in [-0.2, -0.15) is 0 Å². The fourth-order valence-electron chi connectivity index (χ4n) is 3.00. The highest BCUT2D eigenvalue weighted by Gasteiger charge is 2.20. The van der Waals surface area contributed by atoms with Gasteiger partial charge >= 0.3 is 0 Å². The molecule has 0 bridgehead atoms. The summed E-state index contributed by atoms with van der Waals surface area (Å²) in [5.74, 6) is 0.939. The van der Waals surface area contributed by atoms with E-state index in [1.165, 1.54) is 44.5 Å². The van der Waals surface area contributed by atoms with E-state index in [0.29, 0.717) is 12.1 Å². The van der Waals surface area contributed by atoms with Crippen molar-refractivity contribution in [2.75, 3.05) is 26.7 Å². The fraction of sp³-hybridized carbons (Fsp3) is 0.647. The van der Waals surface area contributed by atoms with Gasteiger partial charge in [-0.1, -0.05) is 19.1 Å². The Kier molecular flexibility index (Phi) is 5.86. The number of hydrogen-bond acceptors (Lipinski definition) is 3. The Bertz CT molecular complexity index is 400.